The third kappa shape index (κ3) is 4.84. The second-order valence-electron chi connectivity index (χ2n) is 7.40. The number of piperidine rings is 1. The quantitative estimate of drug-likeness (QED) is 0.745. The summed E-state index contributed by atoms with van der Waals surface area (Å²) in [7, 11) is 0. The predicted octanol–water partition coefficient (Wildman–Crippen LogP) is 4.69. The van der Waals surface area contributed by atoms with Crippen molar-refractivity contribution in [1.82, 2.24) is 4.90 Å². The number of carbonyl (C=O) groups excluding carboxylic acids is 1. The van der Waals surface area contributed by atoms with Crippen LogP contribution in [0.2, 0.25) is 0 Å². The molecule has 1 fully saturated rings. The molecule has 0 saturated carbocycles. The molecule has 5 heteroatoms. The van der Waals surface area contributed by atoms with E-state index < -0.39 is 5.60 Å². The van der Waals surface area contributed by atoms with Crippen LogP contribution in [0.3, 0.4) is 0 Å². The minimum Gasteiger partial charge on any atom is -0.488 e. The molecule has 0 N–H and O–H groups in total. The number of rotatable bonds is 4. The number of para-hydroxylation sites is 1. The van der Waals surface area contributed by atoms with Crippen molar-refractivity contribution in [2.24, 2.45) is 10.9 Å². The van der Waals surface area contributed by atoms with Gasteiger partial charge in [0.2, 0.25) is 0 Å². The first kappa shape index (κ1) is 19.0. The van der Waals surface area contributed by atoms with Gasteiger partial charge in [0, 0.05) is 31.0 Å². The average Bonchev–Trinajstić information content (AvgIpc) is 2.54. The smallest absolute Gasteiger partial charge is 0.410 e. The van der Waals surface area contributed by atoms with Crippen LogP contribution in [-0.2, 0) is 4.74 Å². The second kappa shape index (κ2) is 7.72. The van der Waals surface area contributed by atoms with E-state index in [1.54, 1.807) is 11.0 Å². The molecular weight excluding hydrogens is 316 g/mol. The molecule has 136 valence electrons. The lowest BCUT2D eigenvalue weighted by Gasteiger charge is -2.37. The van der Waals surface area contributed by atoms with Gasteiger partial charge in [-0.15, -0.1) is 0 Å². The lowest BCUT2D eigenvalue weighted by Crippen LogP contribution is -2.48. The average molecular weight is 344 g/mol. The lowest BCUT2D eigenvalue weighted by molar-refractivity contribution is 0.000449. The van der Waals surface area contributed by atoms with Crippen LogP contribution in [-0.4, -0.2) is 42.5 Å². The highest BCUT2D eigenvalue weighted by molar-refractivity contribution is 5.71. The minimum atomic E-state index is -0.483. The molecule has 0 bridgehead atoms. The van der Waals surface area contributed by atoms with Crippen LogP contribution < -0.4 is 4.74 Å². The highest BCUT2D eigenvalue weighted by Crippen LogP contribution is 2.34. The number of aliphatic imine (C=N–C) groups is 1. The van der Waals surface area contributed by atoms with E-state index in [-0.39, 0.29) is 18.1 Å². The number of likely N-dealkylation sites (tertiary alicyclic amines) is 1. The van der Waals surface area contributed by atoms with Crippen molar-refractivity contribution in [3.8, 4) is 5.75 Å². The monoisotopic (exact) mass is 344 g/mol. The Hall–Kier alpha value is -2.30. The molecule has 5 nitrogen and oxygen atoms in total. The highest BCUT2D eigenvalue weighted by atomic mass is 16.6. The van der Waals surface area contributed by atoms with Crippen LogP contribution in [0.5, 0.6) is 5.75 Å². The zero-order valence-electron chi connectivity index (χ0n) is 15.6. The third-order valence-corrected chi connectivity index (χ3v) is 4.16. The Balaban J connectivity index is 2.04. The summed E-state index contributed by atoms with van der Waals surface area (Å²) in [6.07, 6.45) is 2.24. The van der Waals surface area contributed by atoms with Crippen molar-refractivity contribution < 1.29 is 14.3 Å². The molecular formula is C20H28N2O3. The topological polar surface area (TPSA) is 51.1 Å². The van der Waals surface area contributed by atoms with Gasteiger partial charge in [-0.05, 0) is 33.6 Å². The van der Waals surface area contributed by atoms with Gasteiger partial charge in [0.1, 0.15) is 23.1 Å². The van der Waals surface area contributed by atoms with Crippen molar-refractivity contribution in [1.29, 1.82) is 0 Å². The lowest BCUT2D eigenvalue weighted by atomic mass is 9.96. The molecule has 2 atom stereocenters. The van der Waals surface area contributed by atoms with Gasteiger partial charge in [-0.25, -0.2) is 4.79 Å². The summed E-state index contributed by atoms with van der Waals surface area (Å²) < 4.78 is 11.7. The molecule has 1 heterocycles. The molecule has 0 radical (unpaired) electrons. The first-order valence-electron chi connectivity index (χ1n) is 8.62. The summed E-state index contributed by atoms with van der Waals surface area (Å²) in [5.74, 6) is 0.890. The van der Waals surface area contributed by atoms with Crippen molar-refractivity contribution in [2.75, 3.05) is 13.1 Å². The van der Waals surface area contributed by atoms with Crippen molar-refractivity contribution in [3.63, 3.8) is 0 Å². The van der Waals surface area contributed by atoms with Gasteiger partial charge in [-0.1, -0.05) is 31.7 Å². The standard InChI is InChI=1S/C20H28N2O3/c1-7-15-9-8-10-17(18(15)21-6)24-16-11-12-22(13-14(16)2)19(23)25-20(3,4)5/h7-10,14,16H,1,6,11-13H2,2-5H3. The number of hydrogen-bond donors (Lipinski definition) is 0. The van der Waals surface area contributed by atoms with E-state index >= 15 is 0 Å². The number of amides is 1. The van der Waals surface area contributed by atoms with Crippen molar-refractivity contribution in [2.45, 2.75) is 45.8 Å². The molecule has 0 spiro atoms. The number of nitrogens with zero attached hydrogens (tertiary/aromatic N) is 2. The number of hydrogen-bond acceptors (Lipinski definition) is 4. The maximum absolute atomic E-state index is 12.2. The summed E-state index contributed by atoms with van der Waals surface area (Å²) in [6, 6.07) is 5.74. The van der Waals surface area contributed by atoms with E-state index in [0.29, 0.717) is 24.5 Å². The second-order valence-corrected chi connectivity index (χ2v) is 7.40. The van der Waals surface area contributed by atoms with Crippen LogP contribution in [0.25, 0.3) is 6.08 Å². The Morgan fingerprint density at radius 3 is 2.68 bits per heavy atom. The van der Waals surface area contributed by atoms with Gasteiger partial charge in [0.05, 0.1) is 0 Å². The van der Waals surface area contributed by atoms with E-state index in [4.69, 9.17) is 9.47 Å². The van der Waals surface area contributed by atoms with Gasteiger partial charge in [0.25, 0.3) is 0 Å². The molecule has 0 aliphatic carbocycles. The summed E-state index contributed by atoms with van der Waals surface area (Å²) >= 11 is 0. The normalized spacial score (nSPS) is 20.7. The number of ether oxygens (including phenoxy) is 2. The number of carbonyl (C=O) groups is 1. The number of benzene rings is 1. The molecule has 1 aromatic carbocycles. The summed E-state index contributed by atoms with van der Waals surface area (Å²) in [6.45, 7) is 16.4. The molecule has 2 rings (SSSR count). The van der Waals surface area contributed by atoms with Crippen LogP contribution in [0.15, 0.2) is 29.8 Å². The maximum Gasteiger partial charge on any atom is 0.410 e. The fourth-order valence-corrected chi connectivity index (χ4v) is 2.92. The zero-order chi connectivity index (χ0) is 18.6. The van der Waals surface area contributed by atoms with Gasteiger partial charge < -0.3 is 14.4 Å². The van der Waals surface area contributed by atoms with Crippen LogP contribution in [0.1, 0.15) is 39.7 Å². The predicted molar refractivity (Wildman–Crippen MR) is 102 cm³/mol. The Morgan fingerprint density at radius 1 is 1.40 bits per heavy atom. The molecule has 1 amide bonds. The third-order valence-electron chi connectivity index (χ3n) is 4.16. The van der Waals surface area contributed by atoms with Gasteiger partial charge in [-0.3, -0.25) is 4.99 Å². The van der Waals surface area contributed by atoms with Crippen LogP contribution in [0.4, 0.5) is 10.5 Å². The molecule has 1 saturated heterocycles. The molecule has 1 aromatic rings. The van der Waals surface area contributed by atoms with E-state index in [1.807, 2.05) is 39.0 Å². The molecule has 0 aromatic heterocycles. The van der Waals surface area contributed by atoms with Crippen LogP contribution in [0, 0.1) is 5.92 Å². The van der Waals surface area contributed by atoms with E-state index in [9.17, 15) is 4.79 Å². The summed E-state index contributed by atoms with van der Waals surface area (Å²) in [5, 5.41) is 0. The van der Waals surface area contributed by atoms with Gasteiger partial charge in [0.15, 0.2) is 0 Å². The van der Waals surface area contributed by atoms with E-state index in [0.717, 1.165) is 12.0 Å². The van der Waals surface area contributed by atoms with Gasteiger partial charge >= 0.3 is 6.09 Å². The fourth-order valence-electron chi connectivity index (χ4n) is 2.92. The minimum absolute atomic E-state index is 0.0132. The maximum atomic E-state index is 12.2. The van der Waals surface area contributed by atoms with Crippen molar-refractivity contribution in [3.05, 3.63) is 30.3 Å². The molecule has 25 heavy (non-hydrogen) atoms. The summed E-state index contributed by atoms with van der Waals surface area (Å²) in [4.78, 5) is 18.1. The molecule has 1 aliphatic rings. The first-order valence-corrected chi connectivity index (χ1v) is 8.62. The largest absolute Gasteiger partial charge is 0.488 e. The van der Waals surface area contributed by atoms with E-state index in [2.05, 4.69) is 25.2 Å². The highest BCUT2D eigenvalue weighted by Gasteiger charge is 2.32. The first-order chi connectivity index (χ1) is 11.7. The Kier molecular flexibility index (Phi) is 5.88. The SMILES string of the molecule is C=Cc1cccc(OC2CCN(C(=O)OC(C)(C)C)CC2C)c1N=C. The Morgan fingerprint density at radius 2 is 2.12 bits per heavy atom. The van der Waals surface area contributed by atoms with Gasteiger partial charge in [-0.2, -0.15) is 0 Å². The Bertz CT molecular complexity index is 649. The zero-order valence-corrected chi connectivity index (χ0v) is 15.6. The molecule has 2 unspecified atom stereocenters. The van der Waals surface area contributed by atoms with Crippen molar-refractivity contribution >= 4 is 24.6 Å². The van der Waals surface area contributed by atoms with Crippen LogP contribution >= 0.6 is 0 Å². The van der Waals surface area contributed by atoms with E-state index in [1.165, 1.54) is 0 Å². The molecule has 1 aliphatic heterocycles. The Labute approximate surface area is 150 Å². The fraction of sp³-hybridized carbons (Fsp3) is 0.500. The summed E-state index contributed by atoms with van der Waals surface area (Å²) in [5.41, 5.74) is 1.12.